The standard InChI is InChI=1S/C27H36N8OS/c1-19(2)29-24-5-4-8-28-26(24)34-13-14-35(22(17-34)18-36)25-16-20-15-21(6-7-23(20)31-25)30-27(37)33-11-9-32(3)10-12-33/h4-8,15-16,18-19,22,29,31H,9-14,17H2,1-3H3,(H,30,37). The highest BCUT2D eigenvalue weighted by Gasteiger charge is 2.30. The monoisotopic (exact) mass is 520 g/mol. The molecule has 0 radical (unpaired) electrons. The Labute approximate surface area is 223 Å². The molecule has 4 heterocycles. The van der Waals surface area contributed by atoms with Crippen molar-refractivity contribution in [2.24, 2.45) is 0 Å². The molecule has 37 heavy (non-hydrogen) atoms. The van der Waals surface area contributed by atoms with Gasteiger partial charge >= 0.3 is 0 Å². The minimum absolute atomic E-state index is 0.280. The first-order valence-corrected chi connectivity index (χ1v) is 13.4. The Kier molecular flexibility index (Phi) is 7.48. The third-order valence-electron chi connectivity index (χ3n) is 7.06. The number of aromatic nitrogens is 2. The van der Waals surface area contributed by atoms with E-state index in [0.717, 1.165) is 78.0 Å². The largest absolute Gasteiger partial charge is 0.380 e. The van der Waals surface area contributed by atoms with Crippen LogP contribution in [0.5, 0.6) is 0 Å². The number of nitrogens with zero attached hydrogens (tertiary/aromatic N) is 5. The second-order valence-electron chi connectivity index (χ2n) is 10.2. The van der Waals surface area contributed by atoms with Crippen molar-refractivity contribution in [3.63, 3.8) is 0 Å². The van der Waals surface area contributed by atoms with Crippen molar-refractivity contribution in [1.82, 2.24) is 19.8 Å². The molecule has 2 aromatic heterocycles. The summed E-state index contributed by atoms with van der Waals surface area (Å²) in [5.41, 5.74) is 3.00. The van der Waals surface area contributed by atoms with Gasteiger partial charge in [0.15, 0.2) is 10.9 Å². The second-order valence-corrected chi connectivity index (χ2v) is 10.6. The topological polar surface area (TPSA) is 82.8 Å². The van der Waals surface area contributed by atoms with Gasteiger partial charge in [0, 0.05) is 74.6 Å². The maximum Gasteiger partial charge on any atom is 0.173 e. The fourth-order valence-corrected chi connectivity index (χ4v) is 5.35. The Hall–Kier alpha value is -3.37. The maximum atomic E-state index is 12.2. The van der Waals surface area contributed by atoms with Gasteiger partial charge in [-0.15, -0.1) is 0 Å². The van der Waals surface area contributed by atoms with E-state index < -0.39 is 0 Å². The van der Waals surface area contributed by atoms with Crippen molar-refractivity contribution < 1.29 is 4.79 Å². The van der Waals surface area contributed by atoms with Gasteiger partial charge in [0.1, 0.15) is 18.1 Å². The molecular formula is C27H36N8OS. The van der Waals surface area contributed by atoms with Crippen LogP contribution in [0.15, 0.2) is 42.6 Å². The lowest BCUT2D eigenvalue weighted by atomic mass is 10.1. The molecule has 0 amide bonds. The maximum absolute atomic E-state index is 12.2. The highest BCUT2D eigenvalue weighted by atomic mass is 32.1. The summed E-state index contributed by atoms with van der Waals surface area (Å²) in [6.07, 6.45) is 2.85. The molecule has 10 heteroatoms. The van der Waals surface area contributed by atoms with Gasteiger partial charge in [-0.3, -0.25) is 0 Å². The van der Waals surface area contributed by atoms with Crippen molar-refractivity contribution in [3.8, 4) is 0 Å². The van der Waals surface area contributed by atoms with Crippen LogP contribution in [0.3, 0.4) is 0 Å². The quantitative estimate of drug-likeness (QED) is 0.335. The summed E-state index contributed by atoms with van der Waals surface area (Å²) < 4.78 is 0. The van der Waals surface area contributed by atoms with Gasteiger partial charge in [-0.05, 0) is 69.5 Å². The number of likely N-dealkylation sites (N-methyl/N-ethyl adjacent to an activating group) is 1. The lowest BCUT2D eigenvalue weighted by Crippen LogP contribution is -2.54. The predicted molar refractivity (Wildman–Crippen MR) is 156 cm³/mol. The zero-order chi connectivity index (χ0) is 25.9. The van der Waals surface area contributed by atoms with Crippen LogP contribution in [-0.4, -0.2) is 96.1 Å². The number of H-pyrrole nitrogens is 1. The van der Waals surface area contributed by atoms with Gasteiger partial charge in [0.2, 0.25) is 0 Å². The number of hydrogen-bond acceptors (Lipinski definition) is 7. The van der Waals surface area contributed by atoms with E-state index in [2.05, 4.69) is 79.3 Å². The minimum atomic E-state index is -0.280. The molecule has 1 aromatic carbocycles. The molecule has 1 unspecified atom stereocenters. The summed E-state index contributed by atoms with van der Waals surface area (Å²) in [5.74, 6) is 1.85. The number of pyridine rings is 1. The van der Waals surface area contributed by atoms with Crippen LogP contribution < -0.4 is 20.4 Å². The number of benzene rings is 1. The van der Waals surface area contributed by atoms with Gasteiger partial charge in [-0.1, -0.05) is 0 Å². The molecule has 3 aromatic rings. The molecule has 0 spiro atoms. The summed E-state index contributed by atoms with van der Waals surface area (Å²) >= 11 is 5.67. The number of nitrogens with one attached hydrogen (secondary N) is 3. The molecule has 196 valence electrons. The normalized spacial score (nSPS) is 18.9. The lowest BCUT2D eigenvalue weighted by Gasteiger charge is -2.40. The van der Waals surface area contributed by atoms with Crippen molar-refractivity contribution in [1.29, 1.82) is 0 Å². The van der Waals surface area contributed by atoms with E-state index in [9.17, 15) is 4.79 Å². The molecule has 9 nitrogen and oxygen atoms in total. The van der Waals surface area contributed by atoms with E-state index in [1.165, 1.54) is 0 Å². The van der Waals surface area contributed by atoms with E-state index >= 15 is 0 Å². The molecule has 2 saturated heterocycles. The summed E-state index contributed by atoms with van der Waals surface area (Å²) in [5, 5.41) is 8.73. The molecule has 0 aliphatic carbocycles. The molecular weight excluding hydrogens is 484 g/mol. The van der Waals surface area contributed by atoms with Crippen LogP contribution in [0.25, 0.3) is 10.9 Å². The fraction of sp³-hybridized carbons (Fsp3) is 0.444. The van der Waals surface area contributed by atoms with Crippen LogP contribution >= 0.6 is 12.2 Å². The van der Waals surface area contributed by atoms with Crippen molar-refractivity contribution >= 4 is 57.5 Å². The molecule has 2 aliphatic rings. The van der Waals surface area contributed by atoms with Gasteiger partial charge in [-0.25, -0.2) is 4.98 Å². The van der Waals surface area contributed by atoms with Crippen molar-refractivity contribution in [2.75, 3.05) is 73.3 Å². The Morgan fingerprint density at radius 1 is 1.14 bits per heavy atom. The first kappa shape index (κ1) is 25.3. The van der Waals surface area contributed by atoms with E-state index in [1.54, 1.807) is 0 Å². The molecule has 2 fully saturated rings. The van der Waals surface area contributed by atoms with Gasteiger partial charge in [0.05, 0.1) is 5.69 Å². The number of aldehydes is 1. The van der Waals surface area contributed by atoms with E-state index in [-0.39, 0.29) is 6.04 Å². The van der Waals surface area contributed by atoms with E-state index in [1.807, 2.05) is 24.4 Å². The van der Waals surface area contributed by atoms with Crippen molar-refractivity contribution in [3.05, 3.63) is 42.6 Å². The number of fused-ring (bicyclic) bond motifs is 1. The van der Waals surface area contributed by atoms with Crippen LogP contribution in [0.4, 0.5) is 23.0 Å². The number of carbonyl (C=O) groups excluding carboxylic acids is 1. The van der Waals surface area contributed by atoms with Gasteiger partial charge in [-0.2, -0.15) is 0 Å². The number of anilines is 4. The molecule has 0 saturated carbocycles. The minimum Gasteiger partial charge on any atom is -0.380 e. The van der Waals surface area contributed by atoms with Crippen LogP contribution in [0.2, 0.25) is 0 Å². The van der Waals surface area contributed by atoms with E-state index in [0.29, 0.717) is 19.1 Å². The number of thiocarbonyl (C=S) groups is 1. The Bertz CT molecular complexity index is 1250. The highest BCUT2D eigenvalue weighted by molar-refractivity contribution is 7.80. The van der Waals surface area contributed by atoms with Crippen LogP contribution in [0, 0.1) is 0 Å². The fourth-order valence-electron chi connectivity index (χ4n) is 5.05. The highest BCUT2D eigenvalue weighted by Crippen LogP contribution is 2.30. The SMILES string of the molecule is CC(C)Nc1cccnc1N1CCN(c2cc3cc(NC(=S)N4CCN(C)CC4)ccc3[nH]2)C(C=O)C1. The Balaban J connectivity index is 1.29. The zero-order valence-electron chi connectivity index (χ0n) is 21.8. The molecule has 3 N–H and O–H groups in total. The van der Waals surface area contributed by atoms with E-state index in [4.69, 9.17) is 12.2 Å². The summed E-state index contributed by atoms with van der Waals surface area (Å²) in [6, 6.07) is 12.4. The molecule has 0 bridgehead atoms. The summed E-state index contributed by atoms with van der Waals surface area (Å²) in [4.78, 5) is 29.2. The zero-order valence-corrected chi connectivity index (χ0v) is 22.6. The average molecular weight is 521 g/mol. The predicted octanol–water partition coefficient (Wildman–Crippen LogP) is 3.22. The number of carbonyl (C=O) groups is 1. The second kappa shape index (κ2) is 10.9. The van der Waals surface area contributed by atoms with Gasteiger partial charge < -0.3 is 40.0 Å². The molecule has 1 atom stereocenters. The first-order chi connectivity index (χ1) is 17.9. The van der Waals surface area contributed by atoms with Gasteiger partial charge in [0.25, 0.3) is 0 Å². The number of aromatic amines is 1. The Morgan fingerprint density at radius 2 is 1.95 bits per heavy atom. The van der Waals surface area contributed by atoms with Crippen LogP contribution in [0.1, 0.15) is 13.8 Å². The summed E-state index contributed by atoms with van der Waals surface area (Å²) in [7, 11) is 2.14. The third kappa shape index (κ3) is 5.65. The average Bonchev–Trinajstić information content (AvgIpc) is 3.32. The molecule has 5 rings (SSSR count). The summed E-state index contributed by atoms with van der Waals surface area (Å²) in [6.45, 7) is 10.2. The third-order valence-corrected chi connectivity index (χ3v) is 7.42. The number of piperazine rings is 2. The molecule has 2 aliphatic heterocycles. The lowest BCUT2D eigenvalue weighted by molar-refractivity contribution is -0.109. The van der Waals surface area contributed by atoms with Crippen molar-refractivity contribution in [2.45, 2.75) is 25.9 Å². The smallest absolute Gasteiger partial charge is 0.173 e. The number of rotatable bonds is 6. The number of hydrogen-bond donors (Lipinski definition) is 3. The van der Waals surface area contributed by atoms with Crippen LogP contribution in [-0.2, 0) is 4.79 Å². The Morgan fingerprint density at radius 3 is 2.70 bits per heavy atom. The first-order valence-electron chi connectivity index (χ1n) is 13.0.